The van der Waals surface area contributed by atoms with Gasteiger partial charge in [-0.1, -0.05) is 24.5 Å². The van der Waals surface area contributed by atoms with Crippen molar-refractivity contribution in [1.29, 1.82) is 0 Å². The number of carboxylic acids is 1. The number of hydrogen-bond donors (Lipinski definition) is 1. The molecule has 0 aliphatic heterocycles. The monoisotopic (exact) mass is 258 g/mol. The number of carboxylic acid groups (broad SMARTS) is 1. The van der Waals surface area contributed by atoms with Crippen LogP contribution in [0, 0.1) is 12.8 Å². The van der Waals surface area contributed by atoms with E-state index < -0.39 is 5.97 Å². The van der Waals surface area contributed by atoms with Gasteiger partial charge in [-0.05, 0) is 38.0 Å². The molecular formula is C16H18O3. The first-order valence-electron chi connectivity index (χ1n) is 6.88. The average molecular weight is 258 g/mol. The molecule has 2 aromatic rings. The lowest BCUT2D eigenvalue weighted by molar-refractivity contribution is -0.143. The molecule has 2 unspecified atom stereocenters. The molecule has 3 rings (SSSR count). The fourth-order valence-corrected chi connectivity index (χ4v) is 3.13. The van der Waals surface area contributed by atoms with Crippen molar-refractivity contribution in [3.05, 3.63) is 35.6 Å². The fourth-order valence-electron chi connectivity index (χ4n) is 3.13. The van der Waals surface area contributed by atoms with Gasteiger partial charge in [-0.25, -0.2) is 0 Å². The molecule has 1 heterocycles. The molecule has 0 saturated heterocycles. The zero-order valence-electron chi connectivity index (χ0n) is 11.1. The van der Waals surface area contributed by atoms with Gasteiger partial charge in [-0.15, -0.1) is 0 Å². The fraction of sp³-hybridized carbons (Fsp3) is 0.438. The Kier molecular flexibility index (Phi) is 3.05. The lowest BCUT2D eigenvalue weighted by Crippen LogP contribution is -2.25. The third-order valence-electron chi connectivity index (χ3n) is 4.14. The number of benzene rings is 1. The van der Waals surface area contributed by atoms with E-state index in [4.69, 9.17) is 4.42 Å². The minimum absolute atomic E-state index is 0.0268. The summed E-state index contributed by atoms with van der Waals surface area (Å²) in [5.74, 6) is -0.122. The topological polar surface area (TPSA) is 50.4 Å². The van der Waals surface area contributed by atoms with Gasteiger partial charge in [0.15, 0.2) is 0 Å². The third kappa shape index (κ3) is 2.25. The van der Waals surface area contributed by atoms with Gasteiger partial charge in [-0.3, -0.25) is 4.79 Å². The largest absolute Gasteiger partial charge is 0.481 e. The molecule has 19 heavy (non-hydrogen) atoms. The first-order chi connectivity index (χ1) is 9.15. The molecule has 0 radical (unpaired) electrons. The highest BCUT2D eigenvalue weighted by molar-refractivity contribution is 5.79. The van der Waals surface area contributed by atoms with Gasteiger partial charge in [0, 0.05) is 11.3 Å². The van der Waals surface area contributed by atoms with Gasteiger partial charge in [0.25, 0.3) is 0 Å². The van der Waals surface area contributed by atoms with Gasteiger partial charge in [-0.2, -0.15) is 0 Å². The van der Waals surface area contributed by atoms with Crippen molar-refractivity contribution in [2.24, 2.45) is 5.92 Å². The van der Waals surface area contributed by atoms with Crippen LogP contribution >= 0.6 is 0 Å². The summed E-state index contributed by atoms with van der Waals surface area (Å²) >= 11 is 0. The van der Waals surface area contributed by atoms with E-state index in [1.54, 1.807) is 0 Å². The summed E-state index contributed by atoms with van der Waals surface area (Å²) in [5, 5.41) is 10.4. The standard InChI is InChI=1S/C16H18O3/c1-10-6-7-14-11(8-10)9-15(19-14)12-4-2-3-5-13(12)16(17)18/h6-9,12-13H,2-5H2,1H3,(H,17,18). The zero-order chi connectivity index (χ0) is 13.4. The maximum Gasteiger partial charge on any atom is 0.307 e. The van der Waals surface area contributed by atoms with E-state index in [1.165, 1.54) is 5.56 Å². The first-order valence-corrected chi connectivity index (χ1v) is 6.88. The lowest BCUT2D eigenvalue weighted by Gasteiger charge is -2.26. The quantitative estimate of drug-likeness (QED) is 0.882. The summed E-state index contributed by atoms with van der Waals surface area (Å²) in [6.45, 7) is 2.05. The molecule has 1 aliphatic rings. The molecule has 1 saturated carbocycles. The van der Waals surface area contributed by atoms with E-state index in [-0.39, 0.29) is 11.8 Å². The van der Waals surface area contributed by atoms with E-state index in [9.17, 15) is 9.90 Å². The van der Waals surface area contributed by atoms with Crippen LogP contribution in [0.1, 0.15) is 42.9 Å². The highest BCUT2D eigenvalue weighted by Crippen LogP contribution is 2.40. The second-order valence-corrected chi connectivity index (χ2v) is 5.53. The predicted octanol–water partition coefficient (Wildman–Crippen LogP) is 4.10. The Morgan fingerprint density at radius 3 is 2.84 bits per heavy atom. The second kappa shape index (κ2) is 4.72. The van der Waals surface area contributed by atoms with E-state index in [1.807, 2.05) is 25.1 Å². The minimum atomic E-state index is -0.693. The average Bonchev–Trinajstić information content (AvgIpc) is 2.81. The van der Waals surface area contributed by atoms with Crippen LogP contribution in [0.5, 0.6) is 0 Å². The molecule has 0 spiro atoms. The summed E-state index contributed by atoms with van der Waals surface area (Å²) < 4.78 is 5.88. The number of carbonyl (C=O) groups is 1. The van der Waals surface area contributed by atoms with Crippen molar-refractivity contribution >= 4 is 16.9 Å². The summed E-state index contributed by atoms with van der Waals surface area (Å²) in [7, 11) is 0. The van der Waals surface area contributed by atoms with Crippen molar-refractivity contribution in [2.75, 3.05) is 0 Å². The number of rotatable bonds is 2. The van der Waals surface area contributed by atoms with E-state index in [0.717, 1.165) is 42.4 Å². The molecule has 1 aromatic carbocycles. The van der Waals surface area contributed by atoms with Gasteiger partial charge >= 0.3 is 5.97 Å². The minimum Gasteiger partial charge on any atom is -0.481 e. The molecule has 1 N–H and O–H groups in total. The van der Waals surface area contributed by atoms with Crippen molar-refractivity contribution < 1.29 is 14.3 Å². The summed E-state index contributed by atoms with van der Waals surface area (Å²) in [6, 6.07) is 8.09. The van der Waals surface area contributed by atoms with Crippen LogP contribution in [0.15, 0.2) is 28.7 Å². The van der Waals surface area contributed by atoms with Gasteiger partial charge in [0.05, 0.1) is 5.92 Å². The van der Waals surface area contributed by atoms with Crippen LogP contribution in [-0.2, 0) is 4.79 Å². The molecule has 100 valence electrons. The number of aliphatic carboxylic acids is 1. The number of aryl methyl sites for hydroxylation is 1. The van der Waals surface area contributed by atoms with Crippen LogP contribution in [0.2, 0.25) is 0 Å². The van der Waals surface area contributed by atoms with Crippen LogP contribution in [0.4, 0.5) is 0 Å². The van der Waals surface area contributed by atoms with Gasteiger partial charge < -0.3 is 9.52 Å². The molecule has 1 aliphatic carbocycles. The Bertz CT molecular complexity index is 611. The Morgan fingerprint density at radius 2 is 2.05 bits per heavy atom. The van der Waals surface area contributed by atoms with Crippen molar-refractivity contribution in [3.63, 3.8) is 0 Å². The molecule has 0 amide bonds. The van der Waals surface area contributed by atoms with Crippen LogP contribution in [-0.4, -0.2) is 11.1 Å². The first kappa shape index (κ1) is 12.3. The normalized spacial score (nSPS) is 23.6. The molecule has 1 fully saturated rings. The number of hydrogen-bond acceptors (Lipinski definition) is 2. The number of fused-ring (bicyclic) bond motifs is 1. The highest BCUT2D eigenvalue weighted by atomic mass is 16.4. The number of furan rings is 1. The predicted molar refractivity (Wildman–Crippen MR) is 73.3 cm³/mol. The lowest BCUT2D eigenvalue weighted by atomic mass is 9.78. The Hall–Kier alpha value is -1.77. The molecule has 0 bridgehead atoms. The van der Waals surface area contributed by atoms with Gasteiger partial charge in [0.1, 0.15) is 11.3 Å². The zero-order valence-corrected chi connectivity index (χ0v) is 11.1. The molecular weight excluding hydrogens is 240 g/mol. The summed E-state index contributed by atoms with van der Waals surface area (Å²) in [6.07, 6.45) is 3.77. The van der Waals surface area contributed by atoms with Crippen LogP contribution in [0.3, 0.4) is 0 Å². The Balaban J connectivity index is 1.99. The van der Waals surface area contributed by atoms with Crippen molar-refractivity contribution in [2.45, 2.75) is 38.5 Å². The smallest absolute Gasteiger partial charge is 0.307 e. The highest BCUT2D eigenvalue weighted by Gasteiger charge is 2.33. The Morgan fingerprint density at radius 1 is 1.26 bits per heavy atom. The Labute approximate surface area is 112 Å². The molecule has 2 atom stereocenters. The summed E-state index contributed by atoms with van der Waals surface area (Å²) in [5.41, 5.74) is 2.05. The van der Waals surface area contributed by atoms with E-state index >= 15 is 0 Å². The SMILES string of the molecule is Cc1ccc2oc(C3CCCCC3C(=O)O)cc2c1. The second-order valence-electron chi connectivity index (χ2n) is 5.53. The summed E-state index contributed by atoms with van der Waals surface area (Å²) in [4.78, 5) is 11.4. The van der Waals surface area contributed by atoms with Crippen molar-refractivity contribution in [1.82, 2.24) is 0 Å². The van der Waals surface area contributed by atoms with E-state index in [0.29, 0.717) is 0 Å². The molecule has 3 heteroatoms. The maximum atomic E-state index is 11.4. The molecule has 3 nitrogen and oxygen atoms in total. The van der Waals surface area contributed by atoms with Crippen LogP contribution < -0.4 is 0 Å². The van der Waals surface area contributed by atoms with Gasteiger partial charge in [0.2, 0.25) is 0 Å². The van der Waals surface area contributed by atoms with Crippen molar-refractivity contribution in [3.8, 4) is 0 Å². The third-order valence-corrected chi connectivity index (χ3v) is 4.14. The van der Waals surface area contributed by atoms with E-state index in [2.05, 4.69) is 6.07 Å². The van der Waals surface area contributed by atoms with Crippen LogP contribution in [0.25, 0.3) is 11.0 Å². The maximum absolute atomic E-state index is 11.4. The molecule has 1 aromatic heterocycles.